The molecule has 0 spiro atoms. The van der Waals surface area contributed by atoms with Crippen LogP contribution in [0.2, 0.25) is 0 Å². The van der Waals surface area contributed by atoms with E-state index in [1.807, 2.05) is 6.92 Å². The van der Waals surface area contributed by atoms with E-state index in [-0.39, 0.29) is 19.1 Å². The van der Waals surface area contributed by atoms with Crippen molar-refractivity contribution in [3.05, 3.63) is 16.4 Å². The van der Waals surface area contributed by atoms with Crippen molar-refractivity contribution < 1.29 is 9.90 Å². The van der Waals surface area contributed by atoms with Crippen molar-refractivity contribution in [3.63, 3.8) is 0 Å². The van der Waals surface area contributed by atoms with Crippen molar-refractivity contribution in [2.75, 3.05) is 13.2 Å². The van der Waals surface area contributed by atoms with Gasteiger partial charge < -0.3 is 10.4 Å². The van der Waals surface area contributed by atoms with Gasteiger partial charge in [-0.05, 0) is 22.9 Å². The van der Waals surface area contributed by atoms with Crippen LogP contribution in [0, 0.1) is 0 Å². The number of hydrogen-bond acceptors (Lipinski definition) is 3. The fourth-order valence-electron chi connectivity index (χ4n) is 1.08. The Bertz CT molecular complexity index is 324. The molecule has 6 heteroatoms. The van der Waals surface area contributed by atoms with E-state index in [0.717, 1.165) is 0 Å². The van der Waals surface area contributed by atoms with Crippen LogP contribution in [0.1, 0.15) is 17.4 Å². The fourth-order valence-corrected chi connectivity index (χ4v) is 1.56. The van der Waals surface area contributed by atoms with Crippen molar-refractivity contribution in [2.45, 2.75) is 13.5 Å². The van der Waals surface area contributed by atoms with Crippen LogP contribution in [0.5, 0.6) is 0 Å². The molecule has 0 radical (unpaired) electrons. The highest BCUT2D eigenvalue weighted by molar-refractivity contribution is 9.10. The number of aryl methyl sites for hydroxylation is 1. The van der Waals surface area contributed by atoms with Crippen molar-refractivity contribution in [2.24, 2.45) is 0 Å². The summed E-state index contributed by atoms with van der Waals surface area (Å²) >= 11 is 3.24. The van der Waals surface area contributed by atoms with Crippen molar-refractivity contribution in [1.29, 1.82) is 0 Å². The Morgan fingerprint density at radius 1 is 1.79 bits per heavy atom. The maximum atomic E-state index is 11.6. The molecule has 78 valence electrons. The molecule has 0 saturated carbocycles. The largest absolute Gasteiger partial charge is 0.395 e. The third-order valence-electron chi connectivity index (χ3n) is 1.71. The molecule has 1 aromatic rings. The molecule has 0 aliphatic rings. The molecule has 0 aliphatic carbocycles. The summed E-state index contributed by atoms with van der Waals surface area (Å²) in [5.74, 6) is -0.231. The average molecular weight is 262 g/mol. The molecule has 0 unspecified atom stereocenters. The predicted octanol–water partition coefficient (Wildman–Crippen LogP) is 0.388. The second-order valence-electron chi connectivity index (χ2n) is 2.64. The summed E-state index contributed by atoms with van der Waals surface area (Å²) in [5.41, 5.74) is 0.487. The normalized spacial score (nSPS) is 10.2. The Balaban J connectivity index is 2.82. The first-order valence-electron chi connectivity index (χ1n) is 4.31. The summed E-state index contributed by atoms with van der Waals surface area (Å²) in [4.78, 5) is 11.6. The van der Waals surface area contributed by atoms with Crippen molar-refractivity contribution >= 4 is 21.8 Å². The number of hydrogen-bond donors (Lipinski definition) is 2. The number of halogens is 1. The van der Waals surface area contributed by atoms with E-state index >= 15 is 0 Å². The fraction of sp³-hybridized carbons (Fsp3) is 0.500. The Hall–Kier alpha value is -0.880. The third kappa shape index (κ3) is 2.33. The van der Waals surface area contributed by atoms with Crippen LogP contribution in [-0.4, -0.2) is 33.9 Å². The number of nitrogens with zero attached hydrogens (tertiary/aromatic N) is 2. The highest BCUT2D eigenvalue weighted by atomic mass is 79.9. The third-order valence-corrected chi connectivity index (χ3v) is 2.29. The Morgan fingerprint density at radius 3 is 3.07 bits per heavy atom. The maximum Gasteiger partial charge on any atom is 0.270 e. The van der Waals surface area contributed by atoms with Gasteiger partial charge in [0.1, 0.15) is 5.69 Å². The lowest BCUT2D eigenvalue weighted by atomic mass is 10.4. The highest BCUT2D eigenvalue weighted by Crippen LogP contribution is 2.15. The number of amides is 1. The first kappa shape index (κ1) is 11.2. The van der Waals surface area contributed by atoms with Gasteiger partial charge >= 0.3 is 0 Å². The van der Waals surface area contributed by atoms with Gasteiger partial charge in [0.2, 0.25) is 0 Å². The molecule has 2 N–H and O–H groups in total. The van der Waals surface area contributed by atoms with Gasteiger partial charge in [-0.25, -0.2) is 0 Å². The van der Waals surface area contributed by atoms with Crippen LogP contribution >= 0.6 is 15.9 Å². The maximum absolute atomic E-state index is 11.6. The molecule has 0 saturated heterocycles. The Labute approximate surface area is 90.2 Å². The minimum absolute atomic E-state index is 0.0659. The average Bonchev–Trinajstić information content (AvgIpc) is 2.56. The van der Waals surface area contributed by atoms with Crippen LogP contribution in [-0.2, 0) is 6.54 Å². The molecule has 0 aromatic carbocycles. The second-order valence-corrected chi connectivity index (χ2v) is 3.49. The number of aliphatic hydroxyl groups excluding tert-OH is 1. The lowest BCUT2D eigenvalue weighted by Crippen LogP contribution is -2.28. The lowest BCUT2D eigenvalue weighted by Gasteiger charge is -2.05. The van der Waals surface area contributed by atoms with E-state index in [9.17, 15) is 4.79 Å². The standard InChI is InChI=1S/C8H12BrN3O2/c1-2-12-7(6(9)5-11-12)8(14)10-3-4-13/h5,13H,2-4H2,1H3,(H,10,14). The molecular formula is C8H12BrN3O2. The SMILES string of the molecule is CCn1ncc(Br)c1C(=O)NCCO. The molecule has 0 fully saturated rings. The molecule has 5 nitrogen and oxygen atoms in total. The van der Waals surface area contributed by atoms with Crippen molar-refractivity contribution in [1.82, 2.24) is 15.1 Å². The number of aliphatic hydroxyl groups is 1. The first-order chi connectivity index (χ1) is 6.70. The zero-order valence-electron chi connectivity index (χ0n) is 7.83. The van der Waals surface area contributed by atoms with Gasteiger partial charge in [0.15, 0.2) is 0 Å². The van der Waals surface area contributed by atoms with Gasteiger partial charge in [-0.15, -0.1) is 0 Å². The minimum Gasteiger partial charge on any atom is -0.395 e. The van der Waals surface area contributed by atoms with E-state index in [0.29, 0.717) is 16.7 Å². The van der Waals surface area contributed by atoms with Crippen LogP contribution in [0.15, 0.2) is 10.7 Å². The minimum atomic E-state index is -0.231. The van der Waals surface area contributed by atoms with Gasteiger partial charge in [-0.1, -0.05) is 0 Å². The number of carbonyl (C=O) groups excluding carboxylic acids is 1. The van der Waals surface area contributed by atoms with Gasteiger partial charge in [-0.3, -0.25) is 9.48 Å². The van der Waals surface area contributed by atoms with Gasteiger partial charge in [0.25, 0.3) is 5.91 Å². The van der Waals surface area contributed by atoms with E-state index in [1.165, 1.54) is 0 Å². The summed E-state index contributed by atoms with van der Waals surface area (Å²) in [6.45, 7) is 2.72. The van der Waals surface area contributed by atoms with Crippen LogP contribution in [0.3, 0.4) is 0 Å². The lowest BCUT2D eigenvalue weighted by molar-refractivity contribution is 0.0933. The molecule has 1 rings (SSSR count). The summed E-state index contributed by atoms with van der Waals surface area (Å²) in [5, 5.41) is 15.1. The van der Waals surface area contributed by atoms with Crippen molar-refractivity contribution in [3.8, 4) is 0 Å². The summed E-state index contributed by atoms with van der Waals surface area (Å²) < 4.78 is 2.26. The summed E-state index contributed by atoms with van der Waals surface area (Å²) in [6, 6.07) is 0. The van der Waals surface area contributed by atoms with Crippen LogP contribution in [0.25, 0.3) is 0 Å². The van der Waals surface area contributed by atoms with Crippen LogP contribution in [0.4, 0.5) is 0 Å². The summed E-state index contributed by atoms with van der Waals surface area (Å²) in [7, 11) is 0. The number of nitrogens with one attached hydrogen (secondary N) is 1. The Morgan fingerprint density at radius 2 is 2.50 bits per heavy atom. The zero-order valence-corrected chi connectivity index (χ0v) is 9.41. The topological polar surface area (TPSA) is 67.2 Å². The summed E-state index contributed by atoms with van der Waals surface area (Å²) in [6.07, 6.45) is 1.58. The monoisotopic (exact) mass is 261 g/mol. The quantitative estimate of drug-likeness (QED) is 0.824. The number of carbonyl (C=O) groups is 1. The molecule has 14 heavy (non-hydrogen) atoms. The van der Waals surface area contributed by atoms with E-state index in [2.05, 4.69) is 26.3 Å². The van der Waals surface area contributed by atoms with Gasteiger partial charge in [0.05, 0.1) is 17.3 Å². The smallest absolute Gasteiger partial charge is 0.270 e. The van der Waals surface area contributed by atoms with E-state index in [1.54, 1.807) is 10.9 Å². The number of aromatic nitrogens is 2. The zero-order chi connectivity index (χ0) is 10.6. The highest BCUT2D eigenvalue weighted by Gasteiger charge is 2.15. The molecule has 1 aromatic heterocycles. The van der Waals surface area contributed by atoms with Gasteiger partial charge in [0, 0.05) is 13.1 Å². The van der Waals surface area contributed by atoms with Gasteiger partial charge in [-0.2, -0.15) is 5.10 Å². The first-order valence-corrected chi connectivity index (χ1v) is 5.10. The molecular weight excluding hydrogens is 250 g/mol. The number of rotatable bonds is 4. The molecule has 0 bridgehead atoms. The second kappa shape index (κ2) is 5.11. The van der Waals surface area contributed by atoms with E-state index in [4.69, 9.17) is 5.11 Å². The molecule has 0 atom stereocenters. The molecule has 0 aliphatic heterocycles. The molecule has 1 amide bonds. The molecule has 1 heterocycles. The predicted molar refractivity (Wildman–Crippen MR) is 55.0 cm³/mol. The Kier molecular flexibility index (Phi) is 4.09. The van der Waals surface area contributed by atoms with E-state index < -0.39 is 0 Å². The van der Waals surface area contributed by atoms with Crippen LogP contribution < -0.4 is 5.32 Å².